The lowest BCUT2D eigenvalue weighted by molar-refractivity contribution is 0.565. The normalized spacial score (nSPS) is 14.4. The first-order valence-electron chi connectivity index (χ1n) is 5.48. The summed E-state index contributed by atoms with van der Waals surface area (Å²) in [4.78, 5) is 8.40. The molecule has 0 atom stereocenters. The summed E-state index contributed by atoms with van der Waals surface area (Å²) < 4.78 is 1.79. The zero-order valence-corrected chi connectivity index (χ0v) is 10.4. The molecule has 8 heteroatoms. The highest BCUT2D eigenvalue weighted by atomic mass is 32.2. The van der Waals surface area contributed by atoms with Crippen LogP contribution in [0.4, 0.5) is 0 Å². The smallest absolute Gasteiger partial charge is 0.217 e. The second-order valence-corrected chi connectivity index (χ2v) is 4.96. The Hall–Kier alpha value is -2.01. The first-order chi connectivity index (χ1) is 8.76. The molecule has 0 radical (unpaired) electrons. The maximum absolute atomic E-state index is 8.87. The number of nitriles is 1. The molecule has 18 heavy (non-hydrogen) atoms. The average molecular weight is 259 g/mol. The van der Waals surface area contributed by atoms with Gasteiger partial charge in [-0.05, 0) is 48.0 Å². The van der Waals surface area contributed by atoms with E-state index in [4.69, 9.17) is 5.26 Å². The fourth-order valence-electron chi connectivity index (χ4n) is 1.53. The zero-order valence-electron chi connectivity index (χ0n) is 9.61. The van der Waals surface area contributed by atoms with Crippen LogP contribution in [-0.2, 0) is 0 Å². The monoisotopic (exact) mass is 259 g/mol. The van der Waals surface area contributed by atoms with Crippen LogP contribution in [0.2, 0.25) is 0 Å². The van der Waals surface area contributed by atoms with Crippen LogP contribution in [0, 0.1) is 18.3 Å². The Bertz CT molecular complexity index is 625. The number of hydrogen-bond acceptors (Lipinski definition) is 7. The summed E-state index contributed by atoms with van der Waals surface area (Å²) in [6.07, 6.45) is 2.22. The molecule has 0 unspecified atom stereocenters. The third-order valence-electron chi connectivity index (χ3n) is 2.49. The predicted octanol–water partition coefficient (Wildman–Crippen LogP) is 1.13. The average Bonchev–Trinajstić information content (AvgIpc) is 3.10. The van der Waals surface area contributed by atoms with Gasteiger partial charge in [0.1, 0.15) is 11.8 Å². The van der Waals surface area contributed by atoms with Gasteiger partial charge in [0.25, 0.3) is 0 Å². The SMILES string of the molecule is Cc1cc(C#N)nc(Sc2nnnn2C2CC2)n1. The largest absolute Gasteiger partial charge is 0.227 e. The number of aromatic nitrogens is 6. The highest BCUT2D eigenvalue weighted by Crippen LogP contribution is 2.37. The Kier molecular flexibility index (Phi) is 2.68. The minimum Gasteiger partial charge on any atom is -0.227 e. The Morgan fingerprint density at radius 2 is 2.28 bits per heavy atom. The van der Waals surface area contributed by atoms with E-state index >= 15 is 0 Å². The molecule has 0 N–H and O–H groups in total. The number of nitrogens with zero attached hydrogens (tertiary/aromatic N) is 7. The molecule has 0 aliphatic heterocycles. The number of hydrogen-bond donors (Lipinski definition) is 0. The first-order valence-corrected chi connectivity index (χ1v) is 6.29. The molecule has 1 aliphatic rings. The van der Waals surface area contributed by atoms with Gasteiger partial charge >= 0.3 is 0 Å². The number of rotatable bonds is 3. The maximum Gasteiger partial charge on any atom is 0.217 e. The van der Waals surface area contributed by atoms with Gasteiger partial charge in [-0.2, -0.15) is 5.26 Å². The van der Waals surface area contributed by atoms with Gasteiger partial charge in [0.05, 0.1) is 6.04 Å². The van der Waals surface area contributed by atoms with Gasteiger partial charge in [-0.25, -0.2) is 14.6 Å². The number of tetrazole rings is 1. The fraction of sp³-hybridized carbons (Fsp3) is 0.400. The van der Waals surface area contributed by atoms with Crippen LogP contribution in [0.3, 0.4) is 0 Å². The third kappa shape index (κ3) is 2.17. The molecule has 0 amide bonds. The molecule has 1 fully saturated rings. The van der Waals surface area contributed by atoms with E-state index in [1.807, 2.05) is 13.0 Å². The lowest BCUT2D eigenvalue weighted by Gasteiger charge is -2.02. The molecule has 0 aromatic carbocycles. The van der Waals surface area contributed by atoms with Crippen molar-refractivity contribution in [2.45, 2.75) is 36.1 Å². The summed E-state index contributed by atoms with van der Waals surface area (Å²) in [5.74, 6) is 0. The van der Waals surface area contributed by atoms with E-state index < -0.39 is 0 Å². The molecule has 0 bridgehead atoms. The lowest BCUT2D eigenvalue weighted by atomic mass is 10.4. The second kappa shape index (κ2) is 4.34. The summed E-state index contributed by atoms with van der Waals surface area (Å²) >= 11 is 1.29. The van der Waals surface area contributed by atoms with E-state index in [9.17, 15) is 0 Å². The second-order valence-electron chi connectivity index (χ2n) is 4.03. The molecule has 2 aromatic rings. The molecular formula is C10H9N7S. The minimum atomic E-state index is 0.357. The molecule has 2 heterocycles. The molecule has 1 aliphatic carbocycles. The van der Waals surface area contributed by atoms with Crippen LogP contribution >= 0.6 is 11.8 Å². The van der Waals surface area contributed by atoms with Crippen LogP contribution in [0.25, 0.3) is 0 Å². The standard InChI is InChI=1S/C10H9N7S/c1-6-4-7(5-11)13-9(12-6)18-10-14-15-16-17(10)8-2-3-8/h4,8H,2-3H2,1H3. The van der Waals surface area contributed by atoms with Crippen molar-refractivity contribution in [3.05, 3.63) is 17.5 Å². The van der Waals surface area contributed by atoms with E-state index in [0.29, 0.717) is 22.0 Å². The van der Waals surface area contributed by atoms with Crippen molar-refractivity contribution >= 4 is 11.8 Å². The Balaban J connectivity index is 1.90. The molecule has 90 valence electrons. The van der Waals surface area contributed by atoms with Gasteiger partial charge < -0.3 is 0 Å². The van der Waals surface area contributed by atoms with Crippen molar-refractivity contribution < 1.29 is 0 Å². The van der Waals surface area contributed by atoms with E-state index in [-0.39, 0.29) is 0 Å². The minimum absolute atomic E-state index is 0.357. The van der Waals surface area contributed by atoms with Crippen molar-refractivity contribution in [2.24, 2.45) is 0 Å². The summed E-state index contributed by atoms with van der Waals surface area (Å²) in [5, 5.41) is 21.6. The highest BCUT2D eigenvalue weighted by molar-refractivity contribution is 7.99. The van der Waals surface area contributed by atoms with Crippen molar-refractivity contribution in [1.29, 1.82) is 5.26 Å². The Morgan fingerprint density at radius 3 is 3.00 bits per heavy atom. The fourth-order valence-corrected chi connectivity index (χ4v) is 2.38. The lowest BCUT2D eigenvalue weighted by Crippen LogP contribution is -2.00. The summed E-state index contributed by atoms with van der Waals surface area (Å²) in [6, 6.07) is 4.07. The predicted molar refractivity (Wildman–Crippen MR) is 61.7 cm³/mol. The first kappa shape index (κ1) is 11.1. The van der Waals surface area contributed by atoms with Crippen LogP contribution in [0.15, 0.2) is 16.4 Å². The van der Waals surface area contributed by atoms with E-state index in [1.54, 1.807) is 10.7 Å². The molecule has 0 saturated heterocycles. The summed E-state index contributed by atoms with van der Waals surface area (Å²) in [5.41, 5.74) is 1.12. The van der Waals surface area contributed by atoms with Crippen molar-refractivity contribution in [3.63, 3.8) is 0 Å². The van der Waals surface area contributed by atoms with Gasteiger partial charge in [0.2, 0.25) is 5.16 Å². The van der Waals surface area contributed by atoms with Gasteiger partial charge in [-0.3, -0.25) is 0 Å². The van der Waals surface area contributed by atoms with E-state index in [2.05, 4.69) is 25.5 Å². The summed E-state index contributed by atoms with van der Waals surface area (Å²) in [6.45, 7) is 1.83. The van der Waals surface area contributed by atoms with Crippen LogP contribution in [0.1, 0.15) is 30.3 Å². The number of aryl methyl sites for hydroxylation is 1. The summed E-state index contributed by atoms with van der Waals surface area (Å²) in [7, 11) is 0. The zero-order chi connectivity index (χ0) is 12.5. The van der Waals surface area contributed by atoms with Crippen molar-refractivity contribution in [2.75, 3.05) is 0 Å². The highest BCUT2D eigenvalue weighted by Gasteiger charge is 2.28. The molecule has 3 rings (SSSR count). The van der Waals surface area contributed by atoms with Crippen molar-refractivity contribution in [1.82, 2.24) is 30.2 Å². The van der Waals surface area contributed by atoms with Crippen LogP contribution in [-0.4, -0.2) is 30.2 Å². The Labute approximate surface area is 107 Å². The molecule has 2 aromatic heterocycles. The van der Waals surface area contributed by atoms with Gasteiger partial charge in [0, 0.05) is 5.69 Å². The molecule has 0 spiro atoms. The van der Waals surface area contributed by atoms with Gasteiger partial charge in [0.15, 0.2) is 5.16 Å². The van der Waals surface area contributed by atoms with Gasteiger partial charge in [-0.1, -0.05) is 0 Å². The van der Waals surface area contributed by atoms with Crippen LogP contribution in [0.5, 0.6) is 0 Å². The van der Waals surface area contributed by atoms with Gasteiger partial charge in [-0.15, -0.1) is 5.10 Å². The topological polar surface area (TPSA) is 93.2 Å². The third-order valence-corrected chi connectivity index (χ3v) is 3.30. The maximum atomic E-state index is 8.87. The molecule has 1 saturated carbocycles. The molecule has 7 nitrogen and oxygen atoms in total. The van der Waals surface area contributed by atoms with E-state index in [1.165, 1.54) is 11.8 Å². The van der Waals surface area contributed by atoms with Crippen LogP contribution < -0.4 is 0 Å². The van der Waals surface area contributed by atoms with E-state index in [0.717, 1.165) is 18.5 Å². The Morgan fingerprint density at radius 1 is 1.44 bits per heavy atom. The molecular weight excluding hydrogens is 250 g/mol. The van der Waals surface area contributed by atoms with Crippen molar-refractivity contribution in [3.8, 4) is 6.07 Å². The quantitative estimate of drug-likeness (QED) is 0.762.